The Labute approximate surface area is 225 Å². The number of hydrogen-bond acceptors (Lipinski definition) is 7. The molecule has 10 heteroatoms. The summed E-state index contributed by atoms with van der Waals surface area (Å²) < 4.78 is 35.9. The number of hydrogen-bond donors (Lipinski definition) is 2. The number of nitriles is 1. The van der Waals surface area contributed by atoms with E-state index in [-0.39, 0.29) is 16.8 Å². The summed E-state index contributed by atoms with van der Waals surface area (Å²) >= 11 is 1.43. The normalized spacial score (nSPS) is 15.1. The van der Waals surface area contributed by atoms with Crippen LogP contribution in [-0.4, -0.2) is 43.5 Å². The van der Waals surface area contributed by atoms with Crippen molar-refractivity contribution in [2.24, 2.45) is 0 Å². The molecule has 196 valence electrons. The van der Waals surface area contributed by atoms with Gasteiger partial charge in [0.1, 0.15) is 16.7 Å². The number of carbonyl (C=O) groups is 1. The summed E-state index contributed by atoms with van der Waals surface area (Å²) in [5.74, 6) is 0.792. The Bertz CT molecular complexity index is 1560. The van der Waals surface area contributed by atoms with Crippen LogP contribution in [-0.2, 0) is 28.0 Å². The molecular formula is C28H27N3O5S2. The zero-order valence-corrected chi connectivity index (χ0v) is 22.3. The molecule has 2 N–H and O–H groups in total. The number of nitrogens with zero attached hydrogens (tertiary/aromatic N) is 2. The fraction of sp³-hybridized carbons (Fsp3) is 0.214. The summed E-state index contributed by atoms with van der Waals surface area (Å²) in [5.41, 5.74) is 2.23. The van der Waals surface area contributed by atoms with Crippen LogP contribution < -0.4 is 10.1 Å². The number of methoxy groups -OCH3 is 1. The predicted octanol–water partition coefficient (Wildman–Crippen LogP) is 4.61. The lowest BCUT2D eigenvalue weighted by Gasteiger charge is -2.16. The third kappa shape index (κ3) is 6.96. The van der Waals surface area contributed by atoms with E-state index in [2.05, 4.69) is 23.5 Å². The molecule has 0 radical (unpaired) electrons. The number of thiophene rings is 1. The highest BCUT2D eigenvalue weighted by atomic mass is 32.2. The van der Waals surface area contributed by atoms with Crippen LogP contribution in [0.4, 0.5) is 0 Å². The van der Waals surface area contributed by atoms with Gasteiger partial charge in [-0.25, -0.2) is 0 Å². The first kappa shape index (κ1) is 27.3. The quantitative estimate of drug-likeness (QED) is 0.323. The molecule has 0 unspecified atom stereocenters. The minimum absolute atomic E-state index is 0.103. The van der Waals surface area contributed by atoms with E-state index in [1.54, 1.807) is 18.2 Å². The highest BCUT2D eigenvalue weighted by molar-refractivity contribution is 7.85. The van der Waals surface area contributed by atoms with Gasteiger partial charge < -0.3 is 15.0 Å². The lowest BCUT2D eigenvalue weighted by molar-refractivity contribution is -0.129. The summed E-state index contributed by atoms with van der Waals surface area (Å²) in [5, 5.41) is 15.7. The van der Waals surface area contributed by atoms with E-state index < -0.39 is 10.1 Å². The Morgan fingerprint density at radius 3 is 2.53 bits per heavy atom. The number of nitrogens with one attached hydrogen (secondary N) is 1. The Morgan fingerprint density at radius 1 is 1.08 bits per heavy atom. The van der Waals surface area contributed by atoms with Crippen molar-refractivity contribution in [3.8, 4) is 11.8 Å². The Kier molecular flexibility index (Phi) is 8.76. The van der Waals surface area contributed by atoms with E-state index in [0.717, 1.165) is 23.9 Å². The molecule has 1 aliphatic rings. The van der Waals surface area contributed by atoms with Gasteiger partial charge in [0, 0.05) is 19.6 Å². The van der Waals surface area contributed by atoms with Crippen molar-refractivity contribution >= 4 is 38.1 Å². The molecule has 2 heterocycles. The second-order valence-electron chi connectivity index (χ2n) is 8.75. The van der Waals surface area contributed by atoms with Gasteiger partial charge in [0.25, 0.3) is 10.1 Å². The second-order valence-corrected chi connectivity index (χ2v) is 11.1. The van der Waals surface area contributed by atoms with Crippen LogP contribution in [0.2, 0.25) is 0 Å². The van der Waals surface area contributed by atoms with Crippen molar-refractivity contribution < 1.29 is 22.5 Å². The second kappa shape index (κ2) is 12.2. The molecule has 3 aromatic carbocycles. The third-order valence-corrected chi connectivity index (χ3v) is 7.88. The van der Waals surface area contributed by atoms with Crippen LogP contribution in [0.25, 0.3) is 10.8 Å². The van der Waals surface area contributed by atoms with Crippen LogP contribution in [0.3, 0.4) is 0 Å². The number of benzene rings is 3. The van der Waals surface area contributed by atoms with Crippen molar-refractivity contribution in [2.45, 2.75) is 30.4 Å². The molecule has 1 amide bonds. The van der Waals surface area contributed by atoms with Gasteiger partial charge in [0.2, 0.25) is 5.91 Å². The third-order valence-electron chi connectivity index (χ3n) is 6.15. The van der Waals surface area contributed by atoms with Crippen LogP contribution in [0, 0.1) is 11.3 Å². The van der Waals surface area contributed by atoms with Gasteiger partial charge in [-0.05, 0) is 64.0 Å². The standard InChI is InChI=1S/C17H17N3OS.C11H10O4S/c18-9-15-8-14(12-22-15)11-20-7-6-16(17(20)21)19-10-13-4-2-1-3-5-13;1-15-10-4-2-8-3-5-11(16(12,13)14)7-9(8)6-10/h1-5,8,12,16,19H,6-7,10-11H2;2-7H,1H3,(H,12,13,14)/t16-;/m0./s1. The lowest BCUT2D eigenvalue weighted by Crippen LogP contribution is -2.37. The molecule has 1 aliphatic heterocycles. The van der Waals surface area contributed by atoms with Crippen LogP contribution >= 0.6 is 11.3 Å². The molecule has 1 aromatic heterocycles. The van der Waals surface area contributed by atoms with Gasteiger partial charge in [-0.15, -0.1) is 11.3 Å². The average Bonchev–Trinajstić information content (AvgIpc) is 3.53. The number of likely N-dealkylation sites (tertiary alicyclic amines) is 1. The molecule has 1 saturated heterocycles. The van der Waals surface area contributed by atoms with Gasteiger partial charge >= 0.3 is 0 Å². The first-order valence-corrected chi connectivity index (χ1v) is 14.2. The lowest BCUT2D eigenvalue weighted by atomic mass is 10.1. The summed E-state index contributed by atoms with van der Waals surface area (Å²) in [6.45, 7) is 2.08. The fourth-order valence-corrected chi connectivity index (χ4v) is 5.36. The summed E-state index contributed by atoms with van der Waals surface area (Å²) in [4.78, 5) is 14.9. The number of fused-ring (bicyclic) bond motifs is 1. The summed E-state index contributed by atoms with van der Waals surface area (Å²) in [6, 6.07) is 23.7. The number of amides is 1. The van der Waals surface area contributed by atoms with E-state index in [0.29, 0.717) is 29.1 Å². The maximum atomic E-state index is 12.4. The van der Waals surface area contributed by atoms with Crippen LogP contribution in [0.1, 0.15) is 22.4 Å². The number of rotatable bonds is 7. The molecule has 0 saturated carbocycles. The first-order valence-electron chi connectivity index (χ1n) is 11.9. The van der Waals surface area contributed by atoms with Crippen molar-refractivity contribution in [2.75, 3.05) is 13.7 Å². The van der Waals surface area contributed by atoms with Gasteiger partial charge in [-0.1, -0.05) is 42.5 Å². The minimum Gasteiger partial charge on any atom is -0.497 e. The molecule has 0 spiro atoms. The van der Waals surface area contributed by atoms with Crippen LogP contribution in [0.5, 0.6) is 5.75 Å². The van der Waals surface area contributed by atoms with Gasteiger partial charge in [0.05, 0.1) is 18.0 Å². The molecule has 1 atom stereocenters. The zero-order valence-electron chi connectivity index (χ0n) is 20.7. The highest BCUT2D eigenvalue weighted by Gasteiger charge is 2.31. The predicted molar refractivity (Wildman–Crippen MR) is 146 cm³/mol. The first-order chi connectivity index (χ1) is 18.3. The largest absolute Gasteiger partial charge is 0.497 e. The topological polar surface area (TPSA) is 120 Å². The molecule has 0 aliphatic carbocycles. The van der Waals surface area contributed by atoms with Crippen molar-refractivity contribution in [1.29, 1.82) is 5.26 Å². The van der Waals surface area contributed by atoms with E-state index in [4.69, 9.17) is 14.6 Å². The van der Waals surface area contributed by atoms with Crippen molar-refractivity contribution in [3.63, 3.8) is 0 Å². The molecule has 0 bridgehead atoms. The fourth-order valence-electron chi connectivity index (χ4n) is 4.15. The Balaban J connectivity index is 0.000000186. The Morgan fingerprint density at radius 2 is 1.84 bits per heavy atom. The number of ether oxygens (including phenoxy) is 1. The molecule has 1 fully saturated rings. The van der Waals surface area contributed by atoms with E-state index in [9.17, 15) is 13.2 Å². The molecular weight excluding hydrogens is 522 g/mol. The number of carbonyl (C=O) groups excluding carboxylic acids is 1. The minimum atomic E-state index is -4.15. The molecule has 8 nitrogen and oxygen atoms in total. The summed E-state index contributed by atoms with van der Waals surface area (Å²) in [6.07, 6.45) is 0.834. The Hall–Kier alpha value is -3.75. The van der Waals surface area contributed by atoms with Crippen molar-refractivity contribution in [3.05, 3.63) is 94.2 Å². The highest BCUT2D eigenvalue weighted by Crippen LogP contribution is 2.23. The SMILES string of the molecule is COc1ccc2ccc(S(=O)(=O)O)cc2c1.N#Cc1cc(CN2CC[C@H](NCc3ccccc3)C2=O)cs1. The van der Waals surface area contributed by atoms with E-state index in [1.165, 1.54) is 36.1 Å². The van der Waals surface area contributed by atoms with E-state index in [1.807, 2.05) is 40.6 Å². The van der Waals surface area contributed by atoms with Gasteiger partial charge in [-0.3, -0.25) is 9.35 Å². The van der Waals surface area contributed by atoms with Crippen molar-refractivity contribution in [1.82, 2.24) is 10.2 Å². The van der Waals surface area contributed by atoms with E-state index >= 15 is 0 Å². The average molecular weight is 550 g/mol. The van der Waals surface area contributed by atoms with Crippen LogP contribution in [0.15, 0.2) is 83.1 Å². The summed E-state index contributed by atoms with van der Waals surface area (Å²) in [7, 11) is -2.62. The monoisotopic (exact) mass is 549 g/mol. The maximum Gasteiger partial charge on any atom is 0.294 e. The smallest absolute Gasteiger partial charge is 0.294 e. The molecule has 4 aromatic rings. The van der Waals surface area contributed by atoms with Gasteiger partial charge in [-0.2, -0.15) is 13.7 Å². The zero-order chi connectivity index (χ0) is 27.1. The molecule has 38 heavy (non-hydrogen) atoms. The molecule has 5 rings (SSSR count). The van der Waals surface area contributed by atoms with Gasteiger partial charge in [0.15, 0.2) is 0 Å². The maximum absolute atomic E-state index is 12.4.